The maximum atomic E-state index is 14.1. The topological polar surface area (TPSA) is 64.5 Å². The van der Waals surface area contributed by atoms with Gasteiger partial charge >= 0.3 is 0 Å². The molecule has 0 N–H and O–H groups in total. The van der Waals surface area contributed by atoms with Crippen LogP contribution in [0.15, 0.2) is 36.4 Å². The monoisotopic (exact) mass is 461 g/mol. The Morgan fingerprint density at radius 2 is 1.72 bits per heavy atom. The summed E-state index contributed by atoms with van der Waals surface area (Å²) in [4.78, 5) is 22.6. The fourth-order valence-corrected chi connectivity index (χ4v) is 3.62. The van der Waals surface area contributed by atoms with E-state index in [0.717, 1.165) is 17.7 Å². The molecule has 0 saturated heterocycles. The Morgan fingerprint density at radius 3 is 2.34 bits per heavy atom. The van der Waals surface area contributed by atoms with Crippen LogP contribution in [0.3, 0.4) is 0 Å². The number of halogens is 3. The smallest absolute Gasteiger partial charge is 0.259 e. The molecule has 4 rings (SSSR count). The minimum absolute atomic E-state index is 0.120. The summed E-state index contributed by atoms with van der Waals surface area (Å²) >= 11 is 6.21. The number of ether oxygens (including phenoxy) is 2. The summed E-state index contributed by atoms with van der Waals surface area (Å²) in [5.74, 6) is -1.01. The van der Waals surface area contributed by atoms with Gasteiger partial charge < -0.3 is 14.4 Å². The fraction of sp³-hybridized carbons (Fsp3) is 0.261. The lowest BCUT2D eigenvalue weighted by molar-refractivity contribution is 0.0765. The van der Waals surface area contributed by atoms with E-state index >= 15 is 0 Å². The van der Waals surface area contributed by atoms with Gasteiger partial charge in [-0.25, -0.2) is 18.7 Å². The van der Waals surface area contributed by atoms with E-state index in [0.29, 0.717) is 17.2 Å². The van der Waals surface area contributed by atoms with Crippen molar-refractivity contribution in [1.29, 1.82) is 0 Å². The van der Waals surface area contributed by atoms with Crippen molar-refractivity contribution in [1.82, 2.24) is 14.9 Å². The third kappa shape index (κ3) is 4.36. The van der Waals surface area contributed by atoms with Crippen LogP contribution < -0.4 is 9.47 Å². The summed E-state index contributed by atoms with van der Waals surface area (Å²) in [7, 11) is 3.07. The Bertz CT molecular complexity index is 1140. The Balaban J connectivity index is 0.00000141. The largest absolute Gasteiger partial charge is 0.497 e. The second-order valence-electron chi connectivity index (χ2n) is 6.60. The number of hydrogen-bond acceptors (Lipinski definition) is 5. The van der Waals surface area contributed by atoms with E-state index in [1.54, 1.807) is 25.3 Å². The lowest BCUT2D eigenvalue weighted by atomic mass is 10.1. The van der Waals surface area contributed by atoms with Gasteiger partial charge in [-0.2, -0.15) is 0 Å². The molecule has 3 aromatic rings. The molecule has 0 atom stereocenters. The number of methoxy groups -OCH3 is 2. The normalized spacial score (nSPS) is 12.2. The molecular formula is C23H22ClF2N3O3. The van der Waals surface area contributed by atoms with Crippen molar-refractivity contribution >= 4 is 17.5 Å². The zero-order chi connectivity index (χ0) is 23.4. The molecule has 32 heavy (non-hydrogen) atoms. The Labute approximate surface area is 189 Å². The number of carbonyl (C=O) groups is 1. The number of benzene rings is 2. The number of rotatable bonds is 5. The van der Waals surface area contributed by atoms with E-state index in [4.69, 9.17) is 21.1 Å². The molecule has 2 aromatic carbocycles. The van der Waals surface area contributed by atoms with Gasteiger partial charge in [0.05, 0.1) is 38.6 Å². The predicted molar refractivity (Wildman–Crippen MR) is 117 cm³/mol. The minimum atomic E-state index is -0.810. The first-order valence-electron chi connectivity index (χ1n) is 9.94. The molecule has 168 valence electrons. The van der Waals surface area contributed by atoms with Crippen molar-refractivity contribution in [2.75, 3.05) is 14.2 Å². The van der Waals surface area contributed by atoms with Crippen LogP contribution in [0.4, 0.5) is 8.78 Å². The summed E-state index contributed by atoms with van der Waals surface area (Å²) in [5.41, 5.74) is 0.809. The highest BCUT2D eigenvalue weighted by Gasteiger charge is 2.33. The van der Waals surface area contributed by atoms with E-state index in [9.17, 15) is 13.6 Å². The average molecular weight is 462 g/mol. The molecule has 0 fully saturated rings. The number of hydrogen-bond donors (Lipinski definition) is 0. The Kier molecular flexibility index (Phi) is 7.25. The molecule has 0 aliphatic carbocycles. The number of fused-ring (bicyclic) bond motifs is 1. The van der Waals surface area contributed by atoms with Crippen LogP contribution in [0.5, 0.6) is 11.5 Å². The molecule has 6 nitrogen and oxygen atoms in total. The Hall–Kier alpha value is -3.26. The van der Waals surface area contributed by atoms with Gasteiger partial charge in [-0.15, -0.1) is 0 Å². The molecule has 0 spiro atoms. The number of aromatic nitrogens is 2. The molecule has 9 heteroatoms. The summed E-state index contributed by atoms with van der Waals surface area (Å²) < 4.78 is 38.9. The highest BCUT2D eigenvalue weighted by molar-refractivity contribution is 6.33. The van der Waals surface area contributed by atoms with Crippen LogP contribution in [0.2, 0.25) is 5.15 Å². The van der Waals surface area contributed by atoms with Crippen LogP contribution in [-0.2, 0) is 13.1 Å². The predicted octanol–water partition coefficient (Wildman–Crippen LogP) is 5.27. The first kappa shape index (κ1) is 23.4. The molecular weight excluding hydrogens is 440 g/mol. The van der Waals surface area contributed by atoms with Crippen molar-refractivity contribution in [3.63, 3.8) is 0 Å². The van der Waals surface area contributed by atoms with Gasteiger partial charge in [0.2, 0.25) is 0 Å². The van der Waals surface area contributed by atoms with Crippen LogP contribution in [0.1, 0.15) is 35.5 Å². The third-order valence-electron chi connectivity index (χ3n) is 4.82. The zero-order valence-electron chi connectivity index (χ0n) is 18.1. The van der Waals surface area contributed by atoms with Crippen LogP contribution in [0, 0.1) is 11.6 Å². The molecule has 0 saturated carbocycles. The quantitative estimate of drug-likeness (QED) is 0.484. The maximum absolute atomic E-state index is 14.1. The van der Waals surface area contributed by atoms with E-state index in [-0.39, 0.29) is 41.1 Å². The molecule has 1 aliphatic heterocycles. The van der Waals surface area contributed by atoms with Crippen LogP contribution in [-0.4, -0.2) is 35.0 Å². The SMILES string of the molecule is CC.COc1ccc(CN2Cc3nc(-c4c(F)cccc4F)nc(Cl)c3C2=O)c(OC)c1. The van der Waals surface area contributed by atoms with Crippen molar-refractivity contribution in [2.45, 2.75) is 26.9 Å². The first-order chi connectivity index (χ1) is 15.4. The van der Waals surface area contributed by atoms with Crippen LogP contribution in [0.25, 0.3) is 11.4 Å². The summed E-state index contributed by atoms with van der Waals surface area (Å²) in [6, 6.07) is 8.73. The molecule has 1 aliphatic rings. The van der Waals surface area contributed by atoms with Crippen molar-refractivity contribution in [2.24, 2.45) is 0 Å². The van der Waals surface area contributed by atoms with Crippen LogP contribution >= 0.6 is 11.6 Å². The molecule has 0 unspecified atom stereocenters. The van der Waals surface area contributed by atoms with Gasteiger partial charge in [0, 0.05) is 11.6 Å². The molecule has 0 radical (unpaired) electrons. The van der Waals surface area contributed by atoms with Gasteiger partial charge in [0.15, 0.2) is 5.82 Å². The molecule has 2 heterocycles. The van der Waals surface area contributed by atoms with Gasteiger partial charge in [-0.3, -0.25) is 4.79 Å². The second kappa shape index (κ2) is 9.91. The lowest BCUT2D eigenvalue weighted by Crippen LogP contribution is -2.23. The summed E-state index contributed by atoms with van der Waals surface area (Å²) in [6.07, 6.45) is 0. The van der Waals surface area contributed by atoms with E-state index in [2.05, 4.69) is 9.97 Å². The van der Waals surface area contributed by atoms with Crippen molar-refractivity contribution in [3.05, 3.63) is 70.0 Å². The number of amides is 1. The highest BCUT2D eigenvalue weighted by Crippen LogP contribution is 2.33. The Morgan fingerprint density at radius 1 is 1.03 bits per heavy atom. The minimum Gasteiger partial charge on any atom is -0.497 e. The van der Waals surface area contributed by atoms with E-state index in [1.807, 2.05) is 13.8 Å². The van der Waals surface area contributed by atoms with Gasteiger partial charge in [0.25, 0.3) is 5.91 Å². The van der Waals surface area contributed by atoms with E-state index < -0.39 is 11.6 Å². The second-order valence-corrected chi connectivity index (χ2v) is 6.95. The lowest BCUT2D eigenvalue weighted by Gasteiger charge is -2.18. The molecule has 1 amide bonds. The average Bonchev–Trinajstić information content (AvgIpc) is 3.10. The number of nitrogens with zero attached hydrogens (tertiary/aromatic N) is 3. The van der Waals surface area contributed by atoms with Gasteiger partial charge in [-0.1, -0.05) is 31.5 Å². The van der Waals surface area contributed by atoms with Gasteiger partial charge in [0.1, 0.15) is 33.9 Å². The third-order valence-corrected chi connectivity index (χ3v) is 5.10. The number of carbonyl (C=O) groups excluding carboxylic acids is 1. The fourth-order valence-electron chi connectivity index (χ4n) is 3.35. The standard InChI is InChI=1S/C21H16ClF2N3O3.C2H6/c1-29-12-7-6-11(16(8-12)30-2)9-27-10-15-18(21(27)28)19(22)26-20(25-15)17-13(23)4-3-5-14(17)24;1-2/h3-8H,9-10H2,1-2H3;1-2H3. The molecule has 1 aromatic heterocycles. The van der Waals surface area contributed by atoms with Crippen molar-refractivity contribution < 1.29 is 23.0 Å². The van der Waals surface area contributed by atoms with Crippen molar-refractivity contribution in [3.8, 4) is 22.9 Å². The zero-order valence-corrected chi connectivity index (χ0v) is 18.8. The van der Waals surface area contributed by atoms with Gasteiger partial charge in [-0.05, 0) is 24.3 Å². The first-order valence-corrected chi connectivity index (χ1v) is 10.3. The summed E-state index contributed by atoms with van der Waals surface area (Å²) in [6.45, 7) is 4.34. The summed E-state index contributed by atoms with van der Waals surface area (Å²) in [5, 5.41) is -0.146. The molecule has 0 bridgehead atoms. The highest BCUT2D eigenvalue weighted by atomic mass is 35.5. The van der Waals surface area contributed by atoms with E-state index in [1.165, 1.54) is 18.1 Å². The maximum Gasteiger partial charge on any atom is 0.259 e.